The Morgan fingerprint density at radius 1 is 1.06 bits per heavy atom. The molecule has 0 aromatic carbocycles. The molecular formula is C15H26N2. The van der Waals surface area contributed by atoms with E-state index in [2.05, 4.69) is 35.8 Å². The summed E-state index contributed by atoms with van der Waals surface area (Å²) < 4.78 is 0. The number of nitrogens with zero attached hydrogens (tertiary/aromatic N) is 2. The van der Waals surface area contributed by atoms with Gasteiger partial charge in [0, 0.05) is 38.8 Å². The first kappa shape index (κ1) is 11.7. The number of hydrogen-bond donors (Lipinski definition) is 0. The molecule has 1 heterocycles. The average Bonchev–Trinajstić information content (AvgIpc) is 2.91. The van der Waals surface area contributed by atoms with Crippen LogP contribution in [-0.2, 0) is 0 Å². The molecule has 3 atom stereocenters. The van der Waals surface area contributed by atoms with E-state index in [-0.39, 0.29) is 0 Å². The summed E-state index contributed by atoms with van der Waals surface area (Å²) in [5, 5.41) is 0. The molecule has 96 valence electrons. The van der Waals surface area contributed by atoms with Crippen LogP contribution in [0.5, 0.6) is 0 Å². The van der Waals surface area contributed by atoms with Crippen LogP contribution >= 0.6 is 0 Å². The van der Waals surface area contributed by atoms with Crippen LogP contribution in [0.4, 0.5) is 0 Å². The highest BCUT2D eigenvalue weighted by Crippen LogP contribution is 2.43. The molecule has 0 amide bonds. The minimum absolute atomic E-state index is 0.725. The molecule has 0 N–H and O–H groups in total. The molecule has 1 aliphatic heterocycles. The van der Waals surface area contributed by atoms with Crippen LogP contribution in [-0.4, -0.2) is 48.6 Å². The van der Waals surface area contributed by atoms with Crippen LogP contribution in [0, 0.1) is 17.8 Å². The van der Waals surface area contributed by atoms with Crippen molar-refractivity contribution in [2.24, 2.45) is 17.8 Å². The van der Waals surface area contributed by atoms with Gasteiger partial charge in [0.25, 0.3) is 0 Å². The number of piperazine rings is 1. The maximum atomic E-state index is 2.71. The largest absolute Gasteiger partial charge is 0.300 e. The molecule has 0 aromatic heterocycles. The summed E-state index contributed by atoms with van der Waals surface area (Å²) in [7, 11) is 0. The smallest absolute Gasteiger partial charge is 0.0113 e. The predicted octanol–water partition coefficient (Wildman–Crippen LogP) is 2.22. The van der Waals surface area contributed by atoms with Crippen molar-refractivity contribution in [3.8, 4) is 0 Å². The van der Waals surface area contributed by atoms with E-state index in [1.165, 1.54) is 45.6 Å². The Bertz CT molecular complexity index is 289. The molecule has 1 saturated heterocycles. The van der Waals surface area contributed by atoms with Gasteiger partial charge in [0.15, 0.2) is 0 Å². The van der Waals surface area contributed by atoms with Crippen LogP contribution in [0.2, 0.25) is 0 Å². The van der Waals surface area contributed by atoms with Crippen LogP contribution in [0.15, 0.2) is 12.2 Å². The molecular weight excluding hydrogens is 208 g/mol. The van der Waals surface area contributed by atoms with Crippen molar-refractivity contribution in [1.29, 1.82) is 0 Å². The van der Waals surface area contributed by atoms with Crippen LogP contribution in [0.3, 0.4) is 0 Å². The SMILES string of the molecule is CC(C)N1CCN(C[C@@H]2C[C@@H]3C=C[C@H]2C3)CC1. The minimum atomic E-state index is 0.725. The molecule has 2 aliphatic carbocycles. The van der Waals surface area contributed by atoms with E-state index in [9.17, 15) is 0 Å². The lowest BCUT2D eigenvalue weighted by Gasteiger charge is -2.38. The van der Waals surface area contributed by atoms with Crippen molar-refractivity contribution in [1.82, 2.24) is 9.80 Å². The van der Waals surface area contributed by atoms with Gasteiger partial charge in [-0.25, -0.2) is 0 Å². The second kappa shape index (κ2) is 4.74. The lowest BCUT2D eigenvalue weighted by Crippen LogP contribution is -2.50. The Labute approximate surface area is 106 Å². The van der Waals surface area contributed by atoms with Crippen molar-refractivity contribution in [3.05, 3.63) is 12.2 Å². The number of fused-ring (bicyclic) bond motifs is 2. The van der Waals surface area contributed by atoms with E-state index < -0.39 is 0 Å². The summed E-state index contributed by atoms with van der Waals surface area (Å²) in [6.45, 7) is 11.1. The first-order chi connectivity index (χ1) is 8.22. The van der Waals surface area contributed by atoms with Crippen molar-refractivity contribution in [2.45, 2.75) is 32.7 Å². The third kappa shape index (κ3) is 2.43. The fraction of sp³-hybridized carbons (Fsp3) is 0.867. The second-order valence-electron chi connectivity index (χ2n) is 6.47. The standard InChI is InChI=1S/C15H26N2/c1-12(2)17-7-5-16(6-8-17)11-15-10-13-3-4-14(15)9-13/h3-4,12-15H,5-11H2,1-2H3/t13-,14+,15+/m1/s1. The molecule has 17 heavy (non-hydrogen) atoms. The molecule has 3 rings (SSSR count). The van der Waals surface area contributed by atoms with Crippen LogP contribution in [0.25, 0.3) is 0 Å². The van der Waals surface area contributed by atoms with Crippen molar-refractivity contribution < 1.29 is 0 Å². The van der Waals surface area contributed by atoms with Gasteiger partial charge >= 0.3 is 0 Å². The van der Waals surface area contributed by atoms with E-state index in [1.807, 2.05) is 0 Å². The summed E-state index contributed by atoms with van der Waals surface area (Å²) in [6.07, 6.45) is 7.86. The molecule has 2 fully saturated rings. The monoisotopic (exact) mass is 234 g/mol. The average molecular weight is 234 g/mol. The first-order valence-electron chi connectivity index (χ1n) is 7.37. The summed E-state index contributed by atoms with van der Waals surface area (Å²) in [5.41, 5.74) is 0. The van der Waals surface area contributed by atoms with E-state index in [0.717, 1.165) is 23.8 Å². The van der Waals surface area contributed by atoms with Crippen molar-refractivity contribution in [3.63, 3.8) is 0 Å². The maximum Gasteiger partial charge on any atom is 0.0113 e. The van der Waals surface area contributed by atoms with Crippen molar-refractivity contribution in [2.75, 3.05) is 32.7 Å². The summed E-state index contributed by atoms with van der Waals surface area (Å²) in [4.78, 5) is 5.31. The van der Waals surface area contributed by atoms with E-state index in [4.69, 9.17) is 0 Å². The van der Waals surface area contributed by atoms with E-state index in [0.29, 0.717) is 0 Å². The van der Waals surface area contributed by atoms with Gasteiger partial charge in [-0.2, -0.15) is 0 Å². The highest BCUT2D eigenvalue weighted by Gasteiger charge is 2.36. The molecule has 0 aromatic rings. The molecule has 3 aliphatic rings. The highest BCUT2D eigenvalue weighted by atomic mass is 15.3. The van der Waals surface area contributed by atoms with Crippen LogP contribution in [0.1, 0.15) is 26.7 Å². The molecule has 0 spiro atoms. The number of rotatable bonds is 3. The highest BCUT2D eigenvalue weighted by molar-refractivity contribution is 5.10. The van der Waals surface area contributed by atoms with Gasteiger partial charge in [0.2, 0.25) is 0 Å². The predicted molar refractivity (Wildman–Crippen MR) is 72.0 cm³/mol. The van der Waals surface area contributed by atoms with Gasteiger partial charge in [0.05, 0.1) is 0 Å². The second-order valence-corrected chi connectivity index (χ2v) is 6.47. The molecule has 2 nitrogen and oxygen atoms in total. The Morgan fingerprint density at radius 2 is 1.82 bits per heavy atom. The van der Waals surface area contributed by atoms with Gasteiger partial charge in [-0.15, -0.1) is 0 Å². The molecule has 0 radical (unpaired) electrons. The maximum absolute atomic E-state index is 2.71. The molecule has 2 heteroatoms. The molecule has 1 saturated carbocycles. The topological polar surface area (TPSA) is 6.48 Å². The fourth-order valence-electron chi connectivity index (χ4n) is 3.90. The Kier molecular flexibility index (Phi) is 3.27. The van der Waals surface area contributed by atoms with E-state index in [1.54, 1.807) is 0 Å². The zero-order chi connectivity index (χ0) is 11.8. The number of allylic oxidation sites excluding steroid dienone is 2. The number of hydrogen-bond acceptors (Lipinski definition) is 2. The third-order valence-corrected chi connectivity index (χ3v) is 5.05. The Balaban J connectivity index is 1.47. The Morgan fingerprint density at radius 3 is 2.35 bits per heavy atom. The summed E-state index contributed by atoms with van der Waals surface area (Å²) in [5.74, 6) is 2.82. The van der Waals surface area contributed by atoms with Crippen LogP contribution < -0.4 is 0 Å². The van der Waals surface area contributed by atoms with Gasteiger partial charge in [-0.3, -0.25) is 4.90 Å². The summed E-state index contributed by atoms with van der Waals surface area (Å²) in [6, 6.07) is 0.725. The zero-order valence-corrected chi connectivity index (χ0v) is 11.3. The minimum Gasteiger partial charge on any atom is -0.300 e. The van der Waals surface area contributed by atoms with Crippen molar-refractivity contribution >= 4 is 0 Å². The normalized spacial score (nSPS) is 38.4. The fourth-order valence-corrected chi connectivity index (χ4v) is 3.90. The molecule has 2 bridgehead atoms. The summed E-state index contributed by atoms with van der Waals surface area (Å²) >= 11 is 0. The quantitative estimate of drug-likeness (QED) is 0.691. The third-order valence-electron chi connectivity index (χ3n) is 5.05. The van der Waals surface area contributed by atoms with E-state index >= 15 is 0 Å². The van der Waals surface area contributed by atoms with Gasteiger partial charge in [-0.1, -0.05) is 12.2 Å². The van der Waals surface area contributed by atoms with Gasteiger partial charge < -0.3 is 4.90 Å². The molecule has 0 unspecified atom stereocenters. The Hall–Kier alpha value is -0.340. The van der Waals surface area contributed by atoms with Gasteiger partial charge in [-0.05, 0) is 44.4 Å². The first-order valence-corrected chi connectivity index (χ1v) is 7.37. The van der Waals surface area contributed by atoms with Gasteiger partial charge in [0.1, 0.15) is 0 Å². The lowest BCUT2D eigenvalue weighted by molar-refractivity contribution is 0.0932. The lowest BCUT2D eigenvalue weighted by atomic mass is 9.93. The zero-order valence-electron chi connectivity index (χ0n) is 11.3.